The molecule has 0 aliphatic heterocycles. The van der Waals surface area contributed by atoms with E-state index in [0.717, 1.165) is 12.1 Å². The zero-order chi connectivity index (χ0) is 10.8. The van der Waals surface area contributed by atoms with Crippen LogP contribution in [0.2, 0.25) is 0 Å². The summed E-state index contributed by atoms with van der Waals surface area (Å²) in [6.07, 6.45) is 6.04. The summed E-state index contributed by atoms with van der Waals surface area (Å²) in [6, 6.07) is 5.75. The lowest BCUT2D eigenvalue weighted by Crippen LogP contribution is -3.00. The topological polar surface area (TPSA) is 60.8 Å². The largest absolute Gasteiger partial charge is 1.00 e. The number of aryl methyl sites for hydroxylation is 1. The Bertz CT molecular complexity index is 479. The number of anilines is 2. The maximum atomic E-state index is 5.74. The molecule has 0 fully saturated rings. The van der Waals surface area contributed by atoms with Gasteiger partial charge in [0.2, 0.25) is 6.33 Å². The van der Waals surface area contributed by atoms with E-state index < -0.39 is 0 Å². The number of halogens is 1. The van der Waals surface area contributed by atoms with Gasteiger partial charge in [-0.15, -0.1) is 0 Å². The number of hydrogen-bond acceptors (Lipinski definition) is 2. The van der Waals surface area contributed by atoms with Crippen LogP contribution >= 0.6 is 0 Å². The molecule has 0 atom stereocenters. The van der Waals surface area contributed by atoms with Gasteiger partial charge in [0.15, 0.2) is 0 Å². The molecular formula is C11H15BrN4. The number of imidazole rings is 1. The normalized spacial score (nSPS) is 9.81. The van der Waals surface area contributed by atoms with Crippen LogP contribution in [-0.4, -0.2) is 4.57 Å². The van der Waals surface area contributed by atoms with Gasteiger partial charge in [-0.1, -0.05) is 6.07 Å². The summed E-state index contributed by atoms with van der Waals surface area (Å²) >= 11 is 0. The van der Waals surface area contributed by atoms with Gasteiger partial charge < -0.3 is 28.4 Å². The van der Waals surface area contributed by atoms with Crippen molar-refractivity contribution in [3.8, 4) is 0 Å². The van der Waals surface area contributed by atoms with Crippen LogP contribution in [0.4, 0.5) is 11.4 Å². The van der Waals surface area contributed by atoms with Crippen LogP contribution in [0.3, 0.4) is 0 Å². The molecule has 4 N–H and O–H groups in total. The van der Waals surface area contributed by atoms with Crippen LogP contribution in [0, 0.1) is 0 Å². The highest BCUT2D eigenvalue weighted by atomic mass is 79.9. The highest BCUT2D eigenvalue weighted by molar-refractivity contribution is 5.63. The Morgan fingerprint density at radius 1 is 1.25 bits per heavy atom. The number of nitrogen functional groups attached to an aromatic ring is 2. The van der Waals surface area contributed by atoms with Crippen LogP contribution in [0.1, 0.15) is 5.56 Å². The minimum absolute atomic E-state index is 0. The molecule has 86 valence electrons. The molecule has 0 bridgehead atoms. The molecule has 0 aliphatic carbocycles. The second kappa shape index (κ2) is 5.03. The molecule has 4 nitrogen and oxygen atoms in total. The Morgan fingerprint density at radius 2 is 2.00 bits per heavy atom. The van der Waals surface area contributed by atoms with Crippen LogP contribution in [0.5, 0.6) is 0 Å². The van der Waals surface area contributed by atoms with Gasteiger partial charge in [0.25, 0.3) is 0 Å². The van der Waals surface area contributed by atoms with Crippen LogP contribution in [0.15, 0.2) is 36.9 Å². The summed E-state index contributed by atoms with van der Waals surface area (Å²) in [5.41, 5.74) is 13.8. The van der Waals surface area contributed by atoms with E-state index in [4.69, 9.17) is 11.5 Å². The minimum atomic E-state index is 0. The average molecular weight is 283 g/mol. The van der Waals surface area contributed by atoms with Crippen molar-refractivity contribution in [2.45, 2.75) is 6.54 Å². The Balaban J connectivity index is 0.00000128. The minimum Gasteiger partial charge on any atom is -1.00 e. The number of rotatable bonds is 2. The van der Waals surface area contributed by atoms with Crippen LogP contribution in [0.25, 0.3) is 0 Å². The number of hydrogen-bond donors (Lipinski definition) is 2. The van der Waals surface area contributed by atoms with Crippen molar-refractivity contribution in [3.63, 3.8) is 0 Å². The first-order valence-electron chi connectivity index (χ1n) is 4.80. The third-order valence-corrected chi connectivity index (χ3v) is 2.34. The van der Waals surface area contributed by atoms with E-state index >= 15 is 0 Å². The molecule has 5 heteroatoms. The first-order chi connectivity index (χ1) is 7.15. The molecule has 2 aromatic rings. The summed E-state index contributed by atoms with van der Waals surface area (Å²) in [5.74, 6) is 0. The summed E-state index contributed by atoms with van der Waals surface area (Å²) in [7, 11) is 1.99. The first kappa shape index (κ1) is 12.6. The Labute approximate surface area is 105 Å². The van der Waals surface area contributed by atoms with E-state index in [0.29, 0.717) is 11.4 Å². The molecule has 2 rings (SSSR count). The monoisotopic (exact) mass is 282 g/mol. The van der Waals surface area contributed by atoms with Crippen LogP contribution < -0.4 is 33.0 Å². The van der Waals surface area contributed by atoms with Crippen molar-refractivity contribution >= 4 is 11.4 Å². The van der Waals surface area contributed by atoms with Gasteiger partial charge >= 0.3 is 0 Å². The maximum absolute atomic E-state index is 5.74. The van der Waals surface area contributed by atoms with Gasteiger partial charge in [-0.2, -0.15) is 0 Å². The SMILES string of the molecule is C[n+]1ccn(Cc2ccc(N)c(N)c2)c1.[Br-]. The quantitative estimate of drug-likeness (QED) is 0.474. The lowest BCUT2D eigenvalue weighted by molar-refractivity contribution is -0.671. The fourth-order valence-electron chi connectivity index (χ4n) is 1.53. The third kappa shape index (κ3) is 2.76. The van der Waals surface area contributed by atoms with E-state index in [9.17, 15) is 0 Å². The average Bonchev–Trinajstić information content (AvgIpc) is 2.58. The van der Waals surface area contributed by atoms with E-state index in [1.807, 2.05) is 48.5 Å². The molecule has 0 amide bonds. The summed E-state index contributed by atoms with van der Waals surface area (Å²) in [5, 5.41) is 0. The number of nitrogens with two attached hydrogens (primary N) is 2. The lowest BCUT2D eigenvalue weighted by atomic mass is 10.2. The zero-order valence-corrected chi connectivity index (χ0v) is 10.7. The highest BCUT2D eigenvalue weighted by Gasteiger charge is 2.03. The molecule has 0 unspecified atom stereocenters. The predicted molar refractivity (Wildman–Crippen MR) is 60.0 cm³/mol. The van der Waals surface area contributed by atoms with Crippen molar-refractivity contribution < 1.29 is 21.5 Å². The van der Waals surface area contributed by atoms with Crippen molar-refractivity contribution in [2.24, 2.45) is 7.05 Å². The van der Waals surface area contributed by atoms with E-state index in [-0.39, 0.29) is 17.0 Å². The molecule has 16 heavy (non-hydrogen) atoms. The second-order valence-corrected chi connectivity index (χ2v) is 3.71. The number of benzene rings is 1. The number of nitrogens with zero attached hydrogens (tertiary/aromatic N) is 2. The molecule has 0 aliphatic rings. The second-order valence-electron chi connectivity index (χ2n) is 3.71. The molecule has 0 spiro atoms. The van der Waals surface area contributed by atoms with E-state index in [2.05, 4.69) is 4.57 Å². The van der Waals surface area contributed by atoms with Gasteiger partial charge in [0.05, 0.1) is 18.4 Å². The van der Waals surface area contributed by atoms with Crippen molar-refractivity contribution in [3.05, 3.63) is 42.5 Å². The Morgan fingerprint density at radius 3 is 2.56 bits per heavy atom. The molecule has 0 radical (unpaired) electrons. The molecule has 1 aromatic heterocycles. The lowest BCUT2D eigenvalue weighted by Gasteiger charge is -2.02. The first-order valence-corrected chi connectivity index (χ1v) is 4.80. The van der Waals surface area contributed by atoms with Gasteiger partial charge in [-0.05, 0) is 17.7 Å². The molecule has 1 aromatic carbocycles. The fourth-order valence-corrected chi connectivity index (χ4v) is 1.53. The maximum Gasteiger partial charge on any atom is 0.243 e. The summed E-state index contributed by atoms with van der Waals surface area (Å²) in [6.45, 7) is 0.811. The highest BCUT2D eigenvalue weighted by Crippen LogP contribution is 2.16. The molecule has 1 heterocycles. The molecule has 0 saturated heterocycles. The molecular weight excluding hydrogens is 268 g/mol. The van der Waals surface area contributed by atoms with Gasteiger partial charge in [0.1, 0.15) is 18.9 Å². The standard InChI is InChI=1S/C11H15N4.BrH/c1-14-4-5-15(8-14)7-9-2-3-10(12)11(13)6-9;/h2-6,8H,7,12-13H2,1H3;1H/q+1;/p-1. The van der Waals surface area contributed by atoms with E-state index in [1.165, 1.54) is 0 Å². The summed E-state index contributed by atoms with van der Waals surface area (Å²) < 4.78 is 4.09. The Kier molecular flexibility index (Phi) is 3.95. The fraction of sp³-hybridized carbons (Fsp3) is 0.182. The summed E-state index contributed by atoms with van der Waals surface area (Å²) in [4.78, 5) is 0. The third-order valence-electron chi connectivity index (χ3n) is 2.34. The van der Waals surface area contributed by atoms with Crippen molar-refractivity contribution in [1.82, 2.24) is 4.57 Å². The Hall–Kier alpha value is -1.49. The van der Waals surface area contributed by atoms with Crippen molar-refractivity contribution in [2.75, 3.05) is 11.5 Å². The van der Waals surface area contributed by atoms with Gasteiger partial charge in [-0.25, -0.2) is 9.13 Å². The zero-order valence-electron chi connectivity index (χ0n) is 9.10. The smallest absolute Gasteiger partial charge is 0.243 e. The van der Waals surface area contributed by atoms with E-state index in [1.54, 1.807) is 0 Å². The van der Waals surface area contributed by atoms with Gasteiger partial charge in [0, 0.05) is 0 Å². The molecule has 0 saturated carbocycles. The van der Waals surface area contributed by atoms with Crippen LogP contribution in [-0.2, 0) is 13.6 Å². The number of aromatic nitrogens is 2. The van der Waals surface area contributed by atoms with Crippen molar-refractivity contribution in [1.29, 1.82) is 0 Å². The van der Waals surface area contributed by atoms with Gasteiger partial charge in [-0.3, -0.25) is 0 Å². The predicted octanol–water partition coefficient (Wildman–Crippen LogP) is -2.47.